The molecule has 1 aliphatic heterocycles. The number of ether oxygens (including phenoxy) is 1. The highest BCUT2D eigenvalue weighted by Gasteiger charge is 2.25. The van der Waals surface area contributed by atoms with E-state index in [4.69, 9.17) is 4.74 Å². The minimum atomic E-state index is -0.689. The standard InChI is InChI=1S/C19H26N2O2/c1-4-19(3,23-16(2)22)11-8-14-21-13-6-5-10-18(21)17-9-7-12-20-15-17/h7,9,12,15,18H,4-6,10,13-14H2,1-3H3. The van der Waals surface area contributed by atoms with E-state index in [0.29, 0.717) is 19.0 Å². The topological polar surface area (TPSA) is 42.4 Å². The number of piperidine rings is 1. The molecule has 4 nitrogen and oxygen atoms in total. The summed E-state index contributed by atoms with van der Waals surface area (Å²) in [4.78, 5) is 17.9. The minimum absolute atomic E-state index is 0.283. The molecule has 0 N–H and O–H groups in total. The lowest BCUT2D eigenvalue weighted by atomic mass is 9.96. The fraction of sp³-hybridized carbons (Fsp3) is 0.579. The molecule has 23 heavy (non-hydrogen) atoms. The Morgan fingerprint density at radius 3 is 3.00 bits per heavy atom. The van der Waals surface area contributed by atoms with Crippen LogP contribution in [0, 0.1) is 11.8 Å². The molecule has 1 fully saturated rings. The molecular formula is C19H26N2O2. The van der Waals surface area contributed by atoms with Crippen LogP contribution in [0.2, 0.25) is 0 Å². The molecule has 1 aliphatic rings. The maximum Gasteiger partial charge on any atom is 0.304 e. The van der Waals surface area contributed by atoms with Gasteiger partial charge in [-0.25, -0.2) is 0 Å². The molecule has 2 heterocycles. The summed E-state index contributed by atoms with van der Waals surface area (Å²) in [7, 11) is 0. The molecule has 1 aromatic rings. The number of aromatic nitrogens is 1. The van der Waals surface area contributed by atoms with Gasteiger partial charge in [-0.1, -0.05) is 31.3 Å². The predicted octanol–water partition coefficient (Wildman–Crippen LogP) is 3.34. The van der Waals surface area contributed by atoms with E-state index in [0.717, 1.165) is 13.0 Å². The molecule has 2 unspecified atom stereocenters. The molecule has 0 aliphatic carbocycles. The highest BCUT2D eigenvalue weighted by molar-refractivity contribution is 5.67. The quantitative estimate of drug-likeness (QED) is 0.631. The van der Waals surface area contributed by atoms with Crippen molar-refractivity contribution >= 4 is 5.97 Å². The van der Waals surface area contributed by atoms with E-state index < -0.39 is 5.60 Å². The van der Waals surface area contributed by atoms with Gasteiger partial charge in [0.2, 0.25) is 0 Å². The summed E-state index contributed by atoms with van der Waals surface area (Å²) in [6, 6.07) is 4.51. The first-order chi connectivity index (χ1) is 11.0. The Balaban J connectivity index is 2.06. The molecule has 2 rings (SSSR count). The number of carbonyl (C=O) groups is 1. The van der Waals surface area contributed by atoms with Crippen LogP contribution in [-0.2, 0) is 9.53 Å². The highest BCUT2D eigenvalue weighted by atomic mass is 16.6. The maximum absolute atomic E-state index is 11.2. The maximum atomic E-state index is 11.2. The molecule has 0 bridgehead atoms. The SMILES string of the molecule is CCC(C)(C#CCN1CCCCC1c1cccnc1)OC(C)=O. The van der Waals surface area contributed by atoms with Crippen LogP contribution in [0.25, 0.3) is 0 Å². The summed E-state index contributed by atoms with van der Waals surface area (Å²) in [5.74, 6) is 6.09. The summed E-state index contributed by atoms with van der Waals surface area (Å²) >= 11 is 0. The number of rotatable bonds is 4. The zero-order chi connectivity index (χ0) is 16.7. The summed E-state index contributed by atoms with van der Waals surface area (Å²) in [6.45, 7) is 7.02. The van der Waals surface area contributed by atoms with Gasteiger partial charge in [-0.2, -0.15) is 0 Å². The van der Waals surface area contributed by atoms with E-state index in [9.17, 15) is 4.79 Å². The molecule has 4 heteroatoms. The Bertz CT molecular complexity index is 576. The van der Waals surface area contributed by atoms with Crippen LogP contribution in [0.3, 0.4) is 0 Å². The molecule has 0 radical (unpaired) electrons. The lowest BCUT2D eigenvalue weighted by molar-refractivity contribution is -0.150. The zero-order valence-corrected chi connectivity index (χ0v) is 14.3. The van der Waals surface area contributed by atoms with Crippen LogP contribution in [0.5, 0.6) is 0 Å². The normalized spacial score (nSPS) is 20.9. The van der Waals surface area contributed by atoms with Crippen molar-refractivity contribution in [3.05, 3.63) is 30.1 Å². The number of hydrogen-bond donors (Lipinski definition) is 0. The molecule has 0 spiro atoms. The number of pyridine rings is 1. The minimum Gasteiger partial charge on any atom is -0.446 e. The van der Waals surface area contributed by atoms with Crippen LogP contribution < -0.4 is 0 Å². The van der Waals surface area contributed by atoms with Crippen molar-refractivity contribution in [1.82, 2.24) is 9.88 Å². The predicted molar refractivity (Wildman–Crippen MR) is 90.6 cm³/mol. The summed E-state index contributed by atoms with van der Waals surface area (Å²) in [5.41, 5.74) is 0.568. The zero-order valence-electron chi connectivity index (χ0n) is 14.3. The van der Waals surface area contributed by atoms with Crippen LogP contribution >= 0.6 is 0 Å². The van der Waals surface area contributed by atoms with Gasteiger partial charge >= 0.3 is 5.97 Å². The van der Waals surface area contributed by atoms with Crippen molar-refractivity contribution in [3.63, 3.8) is 0 Å². The lowest BCUT2D eigenvalue weighted by Crippen LogP contribution is -2.34. The summed E-state index contributed by atoms with van der Waals surface area (Å²) < 4.78 is 5.35. The van der Waals surface area contributed by atoms with Gasteiger partial charge in [-0.15, -0.1) is 0 Å². The molecule has 0 saturated carbocycles. The molecule has 0 amide bonds. The Morgan fingerprint density at radius 1 is 1.52 bits per heavy atom. The van der Waals surface area contributed by atoms with E-state index >= 15 is 0 Å². The van der Waals surface area contributed by atoms with E-state index in [-0.39, 0.29) is 5.97 Å². The van der Waals surface area contributed by atoms with Crippen LogP contribution in [0.1, 0.15) is 58.1 Å². The van der Waals surface area contributed by atoms with Gasteiger partial charge in [0, 0.05) is 25.4 Å². The third-order valence-corrected chi connectivity index (χ3v) is 4.36. The van der Waals surface area contributed by atoms with Gasteiger partial charge in [0.25, 0.3) is 0 Å². The first-order valence-electron chi connectivity index (χ1n) is 8.37. The van der Waals surface area contributed by atoms with Crippen LogP contribution in [-0.4, -0.2) is 34.5 Å². The first-order valence-corrected chi connectivity index (χ1v) is 8.37. The van der Waals surface area contributed by atoms with E-state index in [2.05, 4.69) is 27.8 Å². The van der Waals surface area contributed by atoms with E-state index in [1.807, 2.05) is 32.3 Å². The Kier molecular flexibility index (Phi) is 6.18. The van der Waals surface area contributed by atoms with Crippen LogP contribution in [0.4, 0.5) is 0 Å². The first kappa shape index (κ1) is 17.5. The molecular weight excluding hydrogens is 288 g/mol. The average Bonchev–Trinajstić information content (AvgIpc) is 2.55. The van der Waals surface area contributed by atoms with Gasteiger partial charge < -0.3 is 4.74 Å². The van der Waals surface area contributed by atoms with Crippen molar-refractivity contribution in [3.8, 4) is 11.8 Å². The molecule has 1 aromatic heterocycles. The van der Waals surface area contributed by atoms with Crippen molar-refractivity contribution < 1.29 is 9.53 Å². The third-order valence-electron chi connectivity index (χ3n) is 4.36. The highest BCUT2D eigenvalue weighted by Crippen LogP contribution is 2.29. The fourth-order valence-corrected chi connectivity index (χ4v) is 2.96. The van der Waals surface area contributed by atoms with Gasteiger partial charge in [-0.3, -0.25) is 14.7 Å². The van der Waals surface area contributed by atoms with Crippen LogP contribution in [0.15, 0.2) is 24.5 Å². The number of nitrogens with zero attached hydrogens (tertiary/aromatic N) is 2. The monoisotopic (exact) mass is 314 g/mol. The molecule has 124 valence electrons. The van der Waals surface area contributed by atoms with Gasteiger partial charge in [0.05, 0.1) is 6.54 Å². The Labute approximate surface area is 139 Å². The second-order valence-electron chi connectivity index (χ2n) is 6.25. The number of carbonyl (C=O) groups excluding carboxylic acids is 1. The number of esters is 1. The molecule has 2 atom stereocenters. The number of hydrogen-bond acceptors (Lipinski definition) is 4. The summed E-state index contributed by atoms with van der Waals surface area (Å²) in [6.07, 6.45) is 8.03. The van der Waals surface area contributed by atoms with Gasteiger partial charge in [0.1, 0.15) is 0 Å². The van der Waals surface area contributed by atoms with Gasteiger partial charge in [0.15, 0.2) is 5.60 Å². The lowest BCUT2D eigenvalue weighted by Gasteiger charge is -2.34. The average molecular weight is 314 g/mol. The van der Waals surface area contributed by atoms with Crippen molar-refractivity contribution in [2.45, 2.75) is 58.1 Å². The second-order valence-corrected chi connectivity index (χ2v) is 6.25. The van der Waals surface area contributed by atoms with Crippen molar-refractivity contribution in [2.24, 2.45) is 0 Å². The molecule has 0 aromatic carbocycles. The largest absolute Gasteiger partial charge is 0.446 e. The molecule has 1 saturated heterocycles. The van der Waals surface area contributed by atoms with E-state index in [1.165, 1.54) is 25.3 Å². The summed E-state index contributed by atoms with van der Waals surface area (Å²) in [5, 5.41) is 0. The number of likely N-dealkylation sites (tertiary alicyclic amines) is 1. The Hall–Kier alpha value is -1.86. The van der Waals surface area contributed by atoms with Crippen molar-refractivity contribution in [1.29, 1.82) is 0 Å². The Morgan fingerprint density at radius 2 is 2.35 bits per heavy atom. The van der Waals surface area contributed by atoms with Crippen molar-refractivity contribution in [2.75, 3.05) is 13.1 Å². The second kappa shape index (κ2) is 8.12. The van der Waals surface area contributed by atoms with Gasteiger partial charge in [-0.05, 0) is 44.4 Å². The third kappa shape index (κ3) is 5.07. The fourth-order valence-electron chi connectivity index (χ4n) is 2.96. The van der Waals surface area contributed by atoms with E-state index in [1.54, 1.807) is 0 Å². The smallest absolute Gasteiger partial charge is 0.304 e.